The Morgan fingerprint density at radius 3 is 2.68 bits per heavy atom. The number of hydrogen-bond donors (Lipinski definition) is 1. The van der Waals surface area contributed by atoms with Gasteiger partial charge in [0, 0.05) is 42.0 Å². The fraction of sp³-hybridized carbons (Fsp3) is 0.348. The van der Waals surface area contributed by atoms with E-state index in [-0.39, 0.29) is 11.8 Å². The number of nitrogens with one attached hydrogen (secondary N) is 1. The molecule has 3 heterocycles. The van der Waals surface area contributed by atoms with Crippen LogP contribution >= 0.6 is 0 Å². The van der Waals surface area contributed by atoms with Crippen LogP contribution in [0.4, 0.5) is 5.82 Å². The molecule has 2 aliphatic rings. The third kappa shape index (κ3) is 3.76. The van der Waals surface area contributed by atoms with Crippen LogP contribution in [0.1, 0.15) is 31.2 Å². The van der Waals surface area contributed by atoms with Crippen LogP contribution in [0.3, 0.4) is 0 Å². The molecule has 142 valence electrons. The Balaban J connectivity index is 1.41. The summed E-state index contributed by atoms with van der Waals surface area (Å²) in [5, 5.41) is 5.07. The molecule has 1 aliphatic heterocycles. The Kier molecular flexibility index (Phi) is 4.53. The molecule has 5 nitrogen and oxygen atoms in total. The number of fused-ring (bicyclic) bond motifs is 1. The number of pyridine rings is 2. The average molecular weight is 372 g/mol. The molecule has 2 aromatic heterocycles. The first-order chi connectivity index (χ1) is 13.7. The van der Waals surface area contributed by atoms with E-state index in [1.807, 2.05) is 24.7 Å². The van der Waals surface area contributed by atoms with Gasteiger partial charge in [-0.2, -0.15) is 0 Å². The molecule has 5 heteroatoms. The predicted octanol–water partition coefficient (Wildman–Crippen LogP) is 4.24. The van der Waals surface area contributed by atoms with Gasteiger partial charge in [0.1, 0.15) is 5.82 Å². The third-order valence-electron chi connectivity index (χ3n) is 5.65. The van der Waals surface area contributed by atoms with Crippen LogP contribution in [0.15, 0.2) is 48.9 Å². The standard InChI is InChI=1S/C23H24N4O/c28-23(17-3-4-17)26-22-11-20-10-18(5-6-19(20)14-25-22)21-9-16(12-24-13-21)15-27-7-1-2-8-27/h5-6,9-14,17H,1-4,7-8,15H2,(H,25,26,28). The Labute approximate surface area is 164 Å². The van der Waals surface area contributed by atoms with Crippen molar-refractivity contribution in [2.24, 2.45) is 5.92 Å². The highest BCUT2D eigenvalue weighted by Gasteiger charge is 2.29. The number of amides is 1. The van der Waals surface area contributed by atoms with Crippen LogP contribution in [-0.2, 0) is 11.3 Å². The molecule has 2 fully saturated rings. The van der Waals surface area contributed by atoms with Gasteiger partial charge >= 0.3 is 0 Å². The van der Waals surface area contributed by atoms with Crippen molar-refractivity contribution >= 4 is 22.5 Å². The normalized spacial score (nSPS) is 17.1. The largest absolute Gasteiger partial charge is 0.310 e. The van der Waals surface area contributed by atoms with Gasteiger partial charge < -0.3 is 5.32 Å². The lowest BCUT2D eigenvalue weighted by atomic mass is 10.0. The van der Waals surface area contributed by atoms with Gasteiger partial charge in [0.25, 0.3) is 0 Å². The van der Waals surface area contributed by atoms with E-state index in [1.54, 1.807) is 0 Å². The maximum absolute atomic E-state index is 12.0. The van der Waals surface area contributed by atoms with Crippen molar-refractivity contribution in [2.75, 3.05) is 18.4 Å². The first kappa shape index (κ1) is 17.3. The molecule has 3 aromatic rings. The van der Waals surface area contributed by atoms with Crippen LogP contribution in [0.2, 0.25) is 0 Å². The fourth-order valence-corrected chi connectivity index (χ4v) is 3.89. The van der Waals surface area contributed by atoms with Crippen molar-refractivity contribution < 1.29 is 4.79 Å². The summed E-state index contributed by atoms with van der Waals surface area (Å²) < 4.78 is 0. The average Bonchev–Trinajstić information content (AvgIpc) is 3.45. The minimum Gasteiger partial charge on any atom is -0.310 e. The summed E-state index contributed by atoms with van der Waals surface area (Å²) in [5.41, 5.74) is 3.51. The first-order valence-electron chi connectivity index (χ1n) is 10.1. The molecule has 0 bridgehead atoms. The molecule has 28 heavy (non-hydrogen) atoms. The highest BCUT2D eigenvalue weighted by atomic mass is 16.2. The number of carbonyl (C=O) groups is 1. The van der Waals surface area contributed by atoms with E-state index in [1.165, 1.54) is 31.5 Å². The number of nitrogens with zero attached hydrogens (tertiary/aromatic N) is 3. The molecule has 1 N–H and O–H groups in total. The molecule has 1 saturated heterocycles. The Morgan fingerprint density at radius 2 is 1.86 bits per heavy atom. The van der Waals surface area contributed by atoms with E-state index in [4.69, 9.17) is 0 Å². The summed E-state index contributed by atoms with van der Waals surface area (Å²) in [6, 6.07) is 10.5. The highest BCUT2D eigenvalue weighted by Crippen LogP contribution is 2.31. The molecular weight excluding hydrogens is 348 g/mol. The van der Waals surface area contributed by atoms with Gasteiger partial charge in [0.15, 0.2) is 0 Å². The molecular formula is C23H24N4O. The predicted molar refractivity (Wildman–Crippen MR) is 111 cm³/mol. The maximum atomic E-state index is 12.0. The lowest BCUT2D eigenvalue weighted by molar-refractivity contribution is -0.117. The summed E-state index contributed by atoms with van der Waals surface area (Å²) in [6.45, 7) is 3.33. The fourth-order valence-electron chi connectivity index (χ4n) is 3.89. The van der Waals surface area contributed by atoms with E-state index < -0.39 is 0 Å². The van der Waals surface area contributed by atoms with Crippen molar-refractivity contribution in [2.45, 2.75) is 32.2 Å². The van der Waals surface area contributed by atoms with E-state index >= 15 is 0 Å². The molecule has 1 saturated carbocycles. The van der Waals surface area contributed by atoms with Crippen LogP contribution in [0.25, 0.3) is 21.9 Å². The second kappa shape index (κ2) is 7.32. The second-order valence-corrected chi connectivity index (χ2v) is 7.96. The van der Waals surface area contributed by atoms with Gasteiger partial charge in [-0.1, -0.05) is 12.1 Å². The van der Waals surface area contributed by atoms with Gasteiger partial charge in [-0.05, 0) is 73.5 Å². The second-order valence-electron chi connectivity index (χ2n) is 7.96. The number of carbonyl (C=O) groups excluding carboxylic acids is 1. The zero-order chi connectivity index (χ0) is 18.9. The molecule has 0 unspecified atom stereocenters. The molecule has 0 atom stereocenters. The number of aromatic nitrogens is 2. The number of benzene rings is 1. The monoisotopic (exact) mass is 372 g/mol. The Hall–Kier alpha value is -2.79. The first-order valence-corrected chi connectivity index (χ1v) is 10.1. The lowest BCUT2D eigenvalue weighted by Gasteiger charge is -2.15. The summed E-state index contributed by atoms with van der Waals surface area (Å²) in [6.07, 6.45) is 10.3. The Bertz CT molecular complexity index is 1020. The quantitative estimate of drug-likeness (QED) is 0.728. The van der Waals surface area contributed by atoms with E-state index in [9.17, 15) is 4.79 Å². The van der Waals surface area contributed by atoms with Crippen LogP contribution in [0, 0.1) is 5.92 Å². The van der Waals surface area contributed by atoms with Gasteiger partial charge in [-0.3, -0.25) is 14.7 Å². The van der Waals surface area contributed by atoms with Crippen molar-refractivity contribution in [3.05, 3.63) is 54.5 Å². The molecule has 0 spiro atoms. The van der Waals surface area contributed by atoms with Crippen molar-refractivity contribution in [1.82, 2.24) is 14.9 Å². The SMILES string of the molecule is O=C(Nc1cc2cc(-c3cncc(CN4CCCC4)c3)ccc2cn1)C1CC1. The number of hydrogen-bond acceptors (Lipinski definition) is 4. The third-order valence-corrected chi connectivity index (χ3v) is 5.65. The van der Waals surface area contributed by atoms with Crippen molar-refractivity contribution in [1.29, 1.82) is 0 Å². The van der Waals surface area contributed by atoms with Crippen LogP contribution in [-0.4, -0.2) is 33.9 Å². The molecule has 0 radical (unpaired) electrons. The van der Waals surface area contributed by atoms with Gasteiger partial charge in [0.2, 0.25) is 5.91 Å². The number of anilines is 1. The summed E-state index contributed by atoms with van der Waals surface area (Å²) in [7, 11) is 0. The van der Waals surface area contributed by atoms with Gasteiger partial charge in [-0.15, -0.1) is 0 Å². The summed E-state index contributed by atoms with van der Waals surface area (Å²) in [4.78, 5) is 23.4. The van der Waals surface area contributed by atoms with Gasteiger partial charge in [0.05, 0.1) is 0 Å². The molecule has 1 amide bonds. The zero-order valence-electron chi connectivity index (χ0n) is 15.9. The number of likely N-dealkylation sites (tertiary alicyclic amines) is 1. The van der Waals surface area contributed by atoms with E-state index in [2.05, 4.69) is 44.5 Å². The molecule has 1 aliphatic carbocycles. The summed E-state index contributed by atoms with van der Waals surface area (Å²) in [5.74, 6) is 0.887. The maximum Gasteiger partial charge on any atom is 0.228 e. The van der Waals surface area contributed by atoms with Gasteiger partial charge in [-0.25, -0.2) is 4.98 Å². The topological polar surface area (TPSA) is 58.1 Å². The van der Waals surface area contributed by atoms with Crippen LogP contribution < -0.4 is 5.32 Å². The van der Waals surface area contributed by atoms with Crippen molar-refractivity contribution in [3.8, 4) is 11.1 Å². The smallest absolute Gasteiger partial charge is 0.228 e. The van der Waals surface area contributed by atoms with E-state index in [0.29, 0.717) is 5.82 Å². The molecule has 1 aromatic carbocycles. The minimum atomic E-state index is 0.0850. The van der Waals surface area contributed by atoms with E-state index in [0.717, 1.165) is 41.3 Å². The molecule has 5 rings (SSSR count). The highest BCUT2D eigenvalue weighted by molar-refractivity contribution is 5.96. The number of rotatable bonds is 5. The lowest BCUT2D eigenvalue weighted by Crippen LogP contribution is -2.18. The zero-order valence-corrected chi connectivity index (χ0v) is 15.9. The van der Waals surface area contributed by atoms with Crippen LogP contribution in [0.5, 0.6) is 0 Å². The minimum absolute atomic E-state index is 0.0850. The van der Waals surface area contributed by atoms with Crippen molar-refractivity contribution in [3.63, 3.8) is 0 Å². The summed E-state index contributed by atoms with van der Waals surface area (Å²) >= 11 is 0. The Morgan fingerprint density at radius 1 is 1.00 bits per heavy atom.